The Hall–Kier alpha value is -2.42. The monoisotopic (exact) mass is 308 g/mol. The smallest absolute Gasteiger partial charge is 0.163 e. The molecule has 1 aliphatic heterocycles. The molecular weight excluding hydrogens is 288 g/mol. The molecule has 23 heavy (non-hydrogen) atoms. The SMILES string of the molecule is O=C1C=CC[C@H](C[C@@H]2CC(=O)C=C(/C=C/c3ccccc3)O2)C1. The van der Waals surface area contributed by atoms with Gasteiger partial charge in [-0.2, -0.15) is 0 Å². The van der Waals surface area contributed by atoms with Crippen LogP contribution in [0, 0.1) is 5.92 Å². The third-order valence-electron chi connectivity index (χ3n) is 4.13. The largest absolute Gasteiger partial charge is 0.490 e. The summed E-state index contributed by atoms with van der Waals surface area (Å²) in [5.41, 5.74) is 1.06. The van der Waals surface area contributed by atoms with Crippen LogP contribution < -0.4 is 0 Å². The van der Waals surface area contributed by atoms with Gasteiger partial charge in [-0.05, 0) is 36.5 Å². The first-order chi connectivity index (χ1) is 11.2. The summed E-state index contributed by atoms with van der Waals surface area (Å²) in [6.07, 6.45) is 11.4. The van der Waals surface area contributed by atoms with Crippen LogP contribution in [-0.4, -0.2) is 17.7 Å². The van der Waals surface area contributed by atoms with Crippen LogP contribution in [-0.2, 0) is 14.3 Å². The van der Waals surface area contributed by atoms with Gasteiger partial charge < -0.3 is 4.74 Å². The number of allylic oxidation sites excluding steroid dienone is 4. The van der Waals surface area contributed by atoms with E-state index in [2.05, 4.69) is 0 Å². The van der Waals surface area contributed by atoms with E-state index in [1.54, 1.807) is 12.2 Å². The molecule has 3 heteroatoms. The van der Waals surface area contributed by atoms with Crippen molar-refractivity contribution >= 4 is 17.6 Å². The topological polar surface area (TPSA) is 43.4 Å². The van der Waals surface area contributed by atoms with E-state index in [0.717, 1.165) is 18.4 Å². The van der Waals surface area contributed by atoms with Crippen LogP contribution in [0.4, 0.5) is 0 Å². The predicted molar refractivity (Wildman–Crippen MR) is 89.5 cm³/mol. The van der Waals surface area contributed by atoms with Gasteiger partial charge in [0.25, 0.3) is 0 Å². The standard InChI is InChI=1S/C20H20O3/c21-17-8-4-7-16(11-17)12-20-14-18(22)13-19(23-20)10-9-15-5-2-1-3-6-15/h1-6,8-10,13,16,20H,7,11-12,14H2/b10-9+/t16-,20+/m0/s1. The van der Waals surface area contributed by atoms with Gasteiger partial charge in [0, 0.05) is 18.9 Å². The summed E-state index contributed by atoms with van der Waals surface area (Å²) in [5, 5.41) is 0. The fraction of sp³-hybridized carbons (Fsp3) is 0.300. The lowest BCUT2D eigenvalue weighted by Crippen LogP contribution is -2.25. The van der Waals surface area contributed by atoms with Gasteiger partial charge in [0.05, 0.1) is 0 Å². The van der Waals surface area contributed by atoms with Gasteiger partial charge in [-0.15, -0.1) is 0 Å². The zero-order valence-electron chi connectivity index (χ0n) is 13.0. The molecule has 0 radical (unpaired) electrons. The molecule has 3 nitrogen and oxygen atoms in total. The van der Waals surface area contributed by atoms with Gasteiger partial charge in [-0.25, -0.2) is 0 Å². The van der Waals surface area contributed by atoms with Crippen molar-refractivity contribution in [1.82, 2.24) is 0 Å². The minimum absolute atomic E-state index is 0.0895. The summed E-state index contributed by atoms with van der Waals surface area (Å²) in [6, 6.07) is 9.90. The number of benzene rings is 1. The maximum absolute atomic E-state index is 11.9. The Labute approximate surface area is 136 Å². The average molecular weight is 308 g/mol. The molecule has 2 atom stereocenters. The van der Waals surface area contributed by atoms with Gasteiger partial charge in [-0.3, -0.25) is 9.59 Å². The van der Waals surface area contributed by atoms with Crippen LogP contribution in [0.1, 0.15) is 31.2 Å². The minimum Gasteiger partial charge on any atom is -0.490 e. The molecule has 0 spiro atoms. The lowest BCUT2D eigenvalue weighted by Gasteiger charge is -2.27. The van der Waals surface area contributed by atoms with Gasteiger partial charge in [0.2, 0.25) is 0 Å². The Morgan fingerprint density at radius 2 is 1.87 bits per heavy atom. The van der Waals surface area contributed by atoms with Crippen LogP contribution in [0.15, 0.2) is 60.4 Å². The number of ketones is 2. The molecule has 0 fully saturated rings. The number of hydrogen-bond donors (Lipinski definition) is 0. The van der Waals surface area contributed by atoms with Crippen molar-refractivity contribution in [3.05, 3.63) is 66.0 Å². The molecule has 0 saturated heterocycles. The molecule has 0 unspecified atom stereocenters. The van der Waals surface area contributed by atoms with Crippen LogP contribution in [0.25, 0.3) is 6.08 Å². The van der Waals surface area contributed by atoms with Crippen LogP contribution in [0.2, 0.25) is 0 Å². The predicted octanol–water partition coefficient (Wildman–Crippen LogP) is 3.87. The molecule has 3 rings (SSSR count). The van der Waals surface area contributed by atoms with Crippen molar-refractivity contribution < 1.29 is 14.3 Å². The third kappa shape index (κ3) is 4.52. The molecule has 1 aliphatic carbocycles. The van der Waals surface area contributed by atoms with E-state index >= 15 is 0 Å². The molecule has 1 aromatic rings. The Morgan fingerprint density at radius 3 is 2.65 bits per heavy atom. The summed E-state index contributed by atoms with van der Waals surface area (Å²) >= 11 is 0. The molecule has 2 aliphatic rings. The first-order valence-electron chi connectivity index (χ1n) is 8.03. The summed E-state index contributed by atoms with van der Waals surface area (Å²) in [7, 11) is 0. The summed E-state index contributed by atoms with van der Waals surface area (Å²) < 4.78 is 5.93. The van der Waals surface area contributed by atoms with E-state index in [4.69, 9.17) is 4.74 Å². The zero-order chi connectivity index (χ0) is 16.1. The van der Waals surface area contributed by atoms with Gasteiger partial charge in [0.1, 0.15) is 11.9 Å². The van der Waals surface area contributed by atoms with Crippen molar-refractivity contribution in [1.29, 1.82) is 0 Å². The average Bonchev–Trinajstić information content (AvgIpc) is 2.53. The van der Waals surface area contributed by atoms with Crippen molar-refractivity contribution in [2.45, 2.75) is 31.8 Å². The molecule has 0 aromatic heterocycles. The Morgan fingerprint density at radius 1 is 1.04 bits per heavy atom. The Kier molecular flexibility index (Phi) is 4.86. The highest BCUT2D eigenvalue weighted by atomic mass is 16.5. The van der Waals surface area contributed by atoms with Crippen molar-refractivity contribution in [3.63, 3.8) is 0 Å². The highest BCUT2D eigenvalue weighted by Crippen LogP contribution is 2.27. The number of ether oxygens (including phenoxy) is 1. The maximum Gasteiger partial charge on any atom is 0.163 e. The number of carbonyl (C=O) groups excluding carboxylic acids is 2. The van der Waals surface area contributed by atoms with Crippen LogP contribution in [0.5, 0.6) is 0 Å². The van der Waals surface area contributed by atoms with E-state index < -0.39 is 0 Å². The second kappa shape index (κ2) is 7.23. The van der Waals surface area contributed by atoms with Crippen molar-refractivity contribution in [2.24, 2.45) is 5.92 Å². The van der Waals surface area contributed by atoms with E-state index in [1.165, 1.54) is 0 Å². The Balaban J connectivity index is 1.62. The molecule has 0 N–H and O–H groups in total. The van der Waals surface area contributed by atoms with E-state index in [0.29, 0.717) is 18.6 Å². The maximum atomic E-state index is 11.9. The highest BCUT2D eigenvalue weighted by Gasteiger charge is 2.26. The lowest BCUT2D eigenvalue weighted by atomic mass is 9.87. The normalized spacial score (nSPS) is 24.6. The van der Waals surface area contributed by atoms with Gasteiger partial charge >= 0.3 is 0 Å². The van der Waals surface area contributed by atoms with Crippen molar-refractivity contribution in [3.8, 4) is 0 Å². The second-order valence-corrected chi connectivity index (χ2v) is 6.11. The first-order valence-corrected chi connectivity index (χ1v) is 8.03. The third-order valence-corrected chi connectivity index (χ3v) is 4.13. The quantitative estimate of drug-likeness (QED) is 0.848. The van der Waals surface area contributed by atoms with Crippen LogP contribution >= 0.6 is 0 Å². The fourth-order valence-corrected chi connectivity index (χ4v) is 3.05. The van der Waals surface area contributed by atoms with Gasteiger partial charge in [0.15, 0.2) is 11.6 Å². The summed E-state index contributed by atoms with van der Waals surface area (Å²) in [4.78, 5) is 23.4. The molecule has 1 heterocycles. The summed E-state index contributed by atoms with van der Waals surface area (Å²) in [6.45, 7) is 0. The zero-order valence-corrected chi connectivity index (χ0v) is 13.0. The molecule has 0 amide bonds. The number of hydrogen-bond acceptors (Lipinski definition) is 3. The Bertz CT molecular complexity index is 667. The fourth-order valence-electron chi connectivity index (χ4n) is 3.05. The highest BCUT2D eigenvalue weighted by molar-refractivity contribution is 5.92. The molecule has 118 valence electrons. The van der Waals surface area contributed by atoms with E-state index in [1.807, 2.05) is 48.6 Å². The van der Waals surface area contributed by atoms with E-state index in [9.17, 15) is 9.59 Å². The number of carbonyl (C=O) groups is 2. The first kappa shape index (κ1) is 15.5. The van der Waals surface area contributed by atoms with Gasteiger partial charge in [-0.1, -0.05) is 42.5 Å². The van der Waals surface area contributed by atoms with Crippen molar-refractivity contribution in [2.75, 3.05) is 0 Å². The van der Waals surface area contributed by atoms with Crippen LogP contribution in [0.3, 0.4) is 0 Å². The number of rotatable bonds is 4. The minimum atomic E-state index is -0.132. The molecule has 0 bridgehead atoms. The lowest BCUT2D eigenvalue weighted by molar-refractivity contribution is -0.118. The molecular formula is C20H20O3. The molecule has 1 aromatic carbocycles. The summed E-state index contributed by atoms with van der Waals surface area (Å²) in [5.74, 6) is 1.14. The second-order valence-electron chi connectivity index (χ2n) is 6.11. The van der Waals surface area contributed by atoms with E-state index in [-0.39, 0.29) is 23.6 Å². The molecule has 0 saturated carbocycles.